The fraction of sp³-hybridized carbons (Fsp3) is 0.414. The summed E-state index contributed by atoms with van der Waals surface area (Å²) in [5.41, 5.74) is 5.02. The average molecular weight is 431 g/mol. The van der Waals surface area contributed by atoms with Crippen LogP contribution >= 0.6 is 0 Å². The number of aryl methyl sites for hydroxylation is 1. The summed E-state index contributed by atoms with van der Waals surface area (Å²) in [6.07, 6.45) is 6.24. The fourth-order valence-electron chi connectivity index (χ4n) is 5.17. The highest BCUT2D eigenvalue weighted by Gasteiger charge is 2.36. The van der Waals surface area contributed by atoms with E-state index in [1.807, 2.05) is 31.2 Å². The van der Waals surface area contributed by atoms with Gasteiger partial charge in [0.2, 0.25) is 0 Å². The van der Waals surface area contributed by atoms with E-state index in [4.69, 9.17) is 0 Å². The monoisotopic (exact) mass is 430 g/mol. The number of benzene rings is 2. The van der Waals surface area contributed by atoms with Gasteiger partial charge in [-0.3, -0.25) is 4.79 Å². The Morgan fingerprint density at radius 3 is 2.03 bits per heavy atom. The molecule has 3 heteroatoms. The van der Waals surface area contributed by atoms with Crippen molar-refractivity contribution in [2.24, 2.45) is 0 Å². The minimum atomic E-state index is -1.19. The van der Waals surface area contributed by atoms with Crippen molar-refractivity contribution >= 4 is 11.4 Å². The van der Waals surface area contributed by atoms with E-state index >= 15 is 0 Å². The van der Waals surface area contributed by atoms with Crippen LogP contribution in [0.15, 0.2) is 54.3 Å². The van der Waals surface area contributed by atoms with Crippen molar-refractivity contribution in [3.05, 3.63) is 87.7 Å². The molecule has 3 nitrogen and oxygen atoms in total. The van der Waals surface area contributed by atoms with Gasteiger partial charge in [-0.05, 0) is 53.6 Å². The molecule has 0 radical (unpaired) electrons. The summed E-state index contributed by atoms with van der Waals surface area (Å²) in [6.45, 7) is 12.8. The fourth-order valence-corrected chi connectivity index (χ4v) is 5.17. The average Bonchev–Trinajstić information content (AvgIpc) is 2.71. The molecule has 2 aliphatic rings. The normalized spacial score (nSPS) is 21.3. The summed E-state index contributed by atoms with van der Waals surface area (Å²) in [4.78, 5) is 12.3. The summed E-state index contributed by atoms with van der Waals surface area (Å²) >= 11 is 0. The van der Waals surface area contributed by atoms with E-state index < -0.39 is 5.60 Å². The molecule has 0 heterocycles. The van der Waals surface area contributed by atoms with Crippen LogP contribution < -0.4 is 0 Å². The van der Waals surface area contributed by atoms with Gasteiger partial charge in [0.1, 0.15) is 11.4 Å². The van der Waals surface area contributed by atoms with Crippen molar-refractivity contribution in [2.45, 2.75) is 77.2 Å². The summed E-state index contributed by atoms with van der Waals surface area (Å²) < 4.78 is 0. The number of aliphatic hydroxyl groups excluding tert-OH is 1. The third kappa shape index (κ3) is 3.63. The maximum absolute atomic E-state index is 12.3. The molecule has 1 atom stereocenters. The molecule has 0 aromatic heterocycles. The van der Waals surface area contributed by atoms with Gasteiger partial charge >= 0.3 is 0 Å². The first kappa shape index (κ1) is 22.5. The Morgan fingerprint density at radius 2 is 1.47 bits per heavy atom. The second-order valence-electron chi connectivity index (χ2n) is 10.7. The molecule has 2 N–H and O–H groups in total. The third-order valence-electron chi connectivity index (χ3n) is 7.31. The lowest BCUT2D eigenvalue weighted by Crippen LogP contribution is -2.31. The Bertz CT molecular complexity index is 1140. The van der Waals surface area contributed by atoms with Gasteiger partial charge in [-0.25, -0.2) is 0 Å². The summed E-state index contributed by atoms with van der Waals surface area (Å²) in [6, 6.07) is 11.8. The number of carbonyl (C=O) groups excluding carboxylic acids is 1. The summed E-state index contributed by atoms with van der Waals surface area (Å²) in [7, 11) is 0. The van der Waals surface area contributed by atoms with E-state index in [0.717, 1.165) is 16.7 Å². The van der Waals surface area contributed by atoms with Gasteiger partial charge in [0.15, 0.2) is 5.78 Å². The zero-order valence-corrected chi connectivity index (χ0v) is 20.0. The van der Waals surface area contributed by atoms with Gasteiger partial charge in [0.25, 0.3) is 0 Å². The molecule has 0 fully saturated rings. The van der Waals surface area contributed by atoms with Gasteiger partial charge in [0, 0.05) is 23.7 Å². The maximum atomic E-state index is 12.3. The van der Waals surface area contributed by atoms with Crippen LogP contribution in [-0.2, 0) is 21.2 Å². The van der Waals surface area contributed by atoms with Crippen LogP contribution in [0.2, 0.25) is 0 Å². The van der Waals surface area contributed by atoms with Crippen LogP contribution in [0, 0.1) is 6.92 Å². The lowest BCUT2D eigenvalue weighted by Gasteiger charge is -2.39. The minimum Gasteiger partial charge on any atom is -0.512 e. The number of rotatable bonds is 3. The number of hydrogen-bond acceptors (Lipinski definition) is 3. The molecule has 0 aliphatic heterocycles. The standard InChI is InChI=1S/C29H34O3/c1-18-16-22-23(28(4,5)15-14-27(22,2)3)17-21(18)29(6,32)20-12-10-19(11-13-20)26-24(30)8-7-9-25(26)31/h10-17,30,32H,7-9H2,1-6H3. The number of Topliss-reactive ketones (excluding diaryl/α,β-unsaturated/α-hetero) is 1. The van der Waals surface area contributed by atoms with Crippen molar-refractivity contribution in [3.8, 4) is 0 Å². The predicted octanol–water partition coefficient (Wildman–Crippen LogP) is 6.40. The van der Waals surface area contributed by atoms with Crippen molar-refractivity contribution in [1.29, 1.82) is 0 Å². The zero-order chi connectivity index (χ0) is 23.5. The second-order valence-corrected chi connectivity index (χ2v) is 10.7. The van der Waals surface area contributed by atoms with E-state index in [1.165, 1.54) is 11.1 Å². The lowest BCUT2D eigenvalue weighted by atomic mass is 9.66. The van der Waals surface area contributed by atoms with Crippen LogP contribution in [0.5, 0.6) is 0 Å². The number of allylic oxidation sites excluding steroid dienone is 4. The molecule has 0 saturated heterocycles. The summed E-state index contributed by atoms with van der Waals surface area (Å²) in [5.74, 6) is 0.154. The number of carbonyl (C=O) groups is 1. The summed E-state index contributed by atoms with van der Waals surface area (Å²) in [5, 5.41) is 21.9. The Morgan fingerprint density at radius 1 is 0.906 bits per heavy atom. The van der Waals surface area contributed by atoms with Gasteiger partial charge < -0.3 is 10.2 Å². The molecule has 168 valence electrons. The predicted molar refractivity (Wildman–Crippen MR) is 130 cm³/mol. The van der Waals surface area contributed by atoms with Crippen LogP contribution in [0.3, 0.4) is 0 Å². The quantitative estimate of drug-likeness (QED) is 0.554. The first-order valence-electron chi connectivity index (χ1n) is 11.5. The van der Waals surface area contributed by atoms with Crippen LogP contribution in [0.1, 0.15) is 87.3 Å². The van der Waals surface area contributed by atoms with Crippen molar-refractivity contribution < 1.29 is 15.0 Å². The van der Waals surface area contributed by atoms with Crippen molar-refractivity contribution in [3.63, 3.8) is 0 Å². The van der Waals surface area contributed by atoms with Gasteiger partial charge in [0.05, 0.1) is 5.57 Å². The topological polar surface area (TPSA) is 57.5 Å². The smallest absolute Gasteiger partial charge is 0.166 e. The van der Waals surface area contributed by atoms with E-state index in [0.29, 0.717) is 30.4 Å². The maximum Gasteiger partial charge on any atom is 0.166 e. The SMILES string of the molecule is Cc1cc2c(cc1C(C)(O)c1ccc(C3=C(O)CCCC3=O)cc1)C(C)(C)C=CC2(C)C. The van der Waals surface area contributed by atoms with Crippen LogP contribution in [-0.4, -0.2) is 16.0 Å². The van der Waals surface area contributed by atoms with E-state index in [-0.39, 0.29) is 22.4 Å². The van der Waals surface area contributed by atoms with Crippen molar-refractivity contribution in [1.82, 2.24) is 0 Å². The van der Waals surface area contributed by atoms with E-state index in [9.17, 15) is 15.0 Å². The highest BCUT2D eigenvalue weighted by Crippen LogP contribution is 2.44. The molecule has 0 spiro atoms. The van der Waals surface area contributed by atoms with Crippen LogP contribution in [0.4, 0.5) is 0 Å². The Kier molecular flexibility index (Phi) is 5.25. The van der Waals surface area contributed by atoms with Gasteiger partial charge in [-0.1, -0.05) is 76.2 Å². The third-order valence-corrected chi connectivity index (χ3v) is 7.31. The van der Waals surface area contributed by atoms with Crippen molar-refractivity contribution in [2.75, 3.05) is 0 Å². The number of aliphatic hydroxyl groups is 2. The molecule has 32 heavy (non-hydrogen) atoms. The van der Waals surface area contributed by atoms with Crippen LogP contribution in [0.25, 0.3) is 5.57 Å². The van der Waals surface area contributed by atoms with Gasteiger partial charge in [-0.2, -0.15) is 0 Å². The number of hydrogen-bond donors (Lipinski definition) is 2. The molecule has 2 aromatic rings. The van der Waals surface area contributed by atoms with E-state index in [2.05, 4.69) is 58.9 Å². The molecular weight excluding hydrogens is 396 g/mol. The first-order valence-corrected chi connectivity index (χ1v) is 11.5. The highest BCUT2D eigenvalue weighted by atomic mass is 16.3. The molecular formula is C29H34O3. The Labute approximate surface area is 191 Å². The first-order chi connectivity index (χ1) is 14.8. The second kappa shape index (κ2) is 7.45. The van der Waals surface area contributed by atoms with E-state index in [1.54, 1.807) is 0 Å². The number of fused-ring (bicyclic) bond motifs is 1. The zero-order valence-electron chi connectivity index (χ0n) is 20.0. The molecule has 0 bridgehead atoms. The Hall–Kier alpha value is -2.65. The number of ketones is 1. The molecule has 1 unspecified atom stereocenters. The Balaban J connectivity index is 1.77. The van der Waals surface area contributed by atoms with Gasteiger partial charge in [-0.15, -0.1) is 0 Å². The largest absolute Gasteiger partial charge is 0.512 e. The molecule has 0 amide bonds. The lowest BCUT2D eigenvalue weighted by molar-refractivity contribution is -0.114. The molecule has 0 saturated carbocycles. The molecule has 2 aliphatic carbocycles. The molecule has 4 rings (SSSR count). The highest BCUT2D eigenvalue weighted by molar-refractivity contribution is 6.21. The molecule has 2 aromatic carbocycles. The minimum absolute atomic E-state index is 0.0170.